The molecule has 3 rings (SSSR count). The predicted octanol–water partition coefficient (Wildman–Crippen LogP) is 4.94. The Kier molecular flexibility index (Phi) is 7.27. The van der Waals surface area contributed by atoms with Crippen molar-refractivity contribution in [2.24, 2.45) is 0 Å². The summed E-state index contributed by atoms with van der Waals surface area (Å²) in [6.45, 7) is 4.60. The fourth-order valence-corrected chi connectivity index (χ4v) is 4.77. The van der Waals surface area contributed by atoms with E-state index in [1.54, 1.807) is 23.5 Å². The second-order valence-corrected chi connectivity index (χ2v) is 8.45. The van der Waals surface area contributed by atoms with E-state index in [-0.39, 0.29) is 11.6 Å². The van der Waals surface area contributed by atoms with Crippen molar-refractivity contribution >= 4 is 34.7 Å². The van der Waals surface area contributed by atoms with Crippen LogP contribution >= 0.6 is 23.1 Å². The quantitative estimate of drug-likeness (QED) is 0.364. The third-order valence-corrected chi connectivity index (χ3v) is 6.04. The van der Waals surface area contributed by atoms with Crippen molar-refractivity contribution in [2.75, 3.05) is 18.1 Å². The number of hydrogen-bond donors (Lipinski definition) is 2. The number of nitrogens with two attached hydrogens (primary N) is 2. The van der Waals surface area contributed by atoms with Crippen molar-refractivity contribution in [3.63, 3.8) is 0 Å². The minimum absolute atomic E-state index is 0.260. The summed E-state index contributed by atoms with van der Waals surface area (Å²) in [7, 11) is 0. The highest BCUT2D eigenvalue weighted by Crippen LogP contribution is 2.34. The van der Waals surface area contributed by atoms with Gasteiger partial charge in [-0.05, 0) is 31.0 Å². The highest BCUT2D eigenvalue weighted by atomic mass is 32.2. The molecule has 0 saturated heterocycles. The first-order valence-corrected chi connectivity index (χ1v) is 11.2. The van der Waals surface area contributed by atoms with Crippen molar-refractivity contribution in [3.8, 4) is 16.3 Å². The van der Waals surface area contributed by atoms with Crippen LogP contribution in [-0.4, -0.2) is 21.6 Å². The van der Waals surface area contributed by atoms with Crippen molar-refractivity contribution in [3.05, 3.63) is 40.7 Å². The lowest BCUT2D eigenvalue weighted by molar-refractivity contribution is 0.301. The summed E-state index contributed by atoms with van der Waals surface area (Å²) in [6.07, 6.45) is 2.75. The molecule has 0 bridgehead atoms. The van der Waals surface area contributed by atoms with E-state index in [2.05, 4.69) is 16.9 Å². The van der Waals surface area contributed by atoms with Crippen LogP contribution in [-0.2, 0) is 12.2 Å². The number of rotatable bonds is 9. The van der Waals surface area contributed by atoms with Gasteiger partial charge in [-0.2, -0.15) is 0 Å². The number of aryl methyl sites for hydroxylation is 1. The van der Waals surface area contributed by atoms with Crippen molar-refractivity contribution < 1.29 is 9.13 Å². The standard InChI is InChI=1S/C20H24FN5OS2/c1-3-5-16-14(11-28-20-25-17(22)10-18(23)26-20)24-19(29-16)12-6-7-13(21)15(9-12)27-8-4-2/h6-7,9-10H,3-5,8,11H2,1-2H3,(H4,22,23,25,26). The number of thiazole rings is 1. The summed E-state index contributed by atoms with van der Waals surface area (Å²) in [5.41, 5.74) is 13.3. The zero-order chi connectivity index (χ0) is 20.8. The lowest BCUT2D eigenvalue weighted by Crippen LogP contribution is -1.99. The molecule has 154 valence electrons. The van der Waals surface area contributed by atoms with Crippen LogP contribution in [0.1, 0.15) is 37.3 Å². The molecule has 0 radical (unpaired) electrons. The molecule has 0 unspecified atom stereocenters. The maximum atomic E-state index is 14.0. The van der Waals surface area contributed by atoms with Crippen molar-refractivity contribution in [1.82, 2.24) is 15.0 Å². The first-order chi connectivity index (χ1) is 14.0. The molecule has 2 heterocycles. The van der Waals surface area contributed by atoms with Crippen LogP contribution in [0.3, 0.4) is 0 Å². The Morgan fingerprint density at radius 1 is 1.07 bits per heavy atom. The number of thioether (sulfide) groups is 1. The Bertz CT molecular complexity index is 959. The van der Waals surface area contributed by atoms with Crippen LogP contribution in [0.5, 0.6) is 5.75 Å². The van der Waals surface area contributed by atoms with Gasteiger partial charge in [-0.25, -0.2) is 19.3 Å². The van der Waals surface area contributed by atoms with E-state index in [9.17, 15) is 4.39 Å². The van der Waals surface area contributed by atoms with Gasteiger partial charge < -0.3 is 16.2 Å². The van der Waals surface area contributed by atoms with Gasteiger partial charge in [-0.3, -0.25) is 0 Å². The maximum Gasteiger partial charge on any atom is 0.191 e. The zero-order valence-electron chi connectivity index (χ0n) is 16.4. The summed E-state index contributed by atoms with van der Waals surface area (Å²) >= 11 is 3.07. The molecule has 0 saturated carbocycles. The number of ether oxygens (including phenoxy) is 1. The SMILES string of the molecule is CCCOc1cc(-c2nc(CSc3nc(N)cc(N)n3)c(CCC)s2)ccc1F. The number of benzene rings is 1. The fourth-order valence-electron chi connectivity index (χ4n) is 2.66. The number of nitrogens with zero attached hydrogens (tertiary/aromatic N) is 3. The summed E-state index contributed by atoms with van der Waals surface area (Å²) < 4.78 is 19.5. The second-order valence-electron chi connectivity index (χ2n) is 6.42. The summed E-state index contributed by atoms with van der Waals surface area (Å²) in [6, 6.07) is 6.42. The van der Waals surface area contributed by atoms with E-state index in [4.69, 9.17) is 21.2 Å². The molecular weight excluding hydrogens is 409 g/mol. The van der Waals surface area contributed by atoms with Crippen molar-refractivity contribution in [2.45, 2.75) is 44.0 Å². The second kappa shape index (κ2) is 9.89. The number of aromatic nitrogens is 3. The van der Waals surface area contributed by atoms with E-state index in [1.165, 1.54) is 28.8 Å². The average molecular weight is 434 g/mol. The van der Waals surface area contributed by atoms with Crippen LogP contribution in [0.15, 0.2) is 29.4 Å². The van der Waals surface area contributed by atoms with Crippen LogP contribution in [0, 0.1) is 5.82 Å². The van der Waals surface area contributed by atoms with E-state index < -0.39 is 0 Å². The fraction of sp³-hybridized carbons (Fsp3) is 0.350. The minimum Gasteiger partial charge on any atom is -0.491 e. The number of hydrogen-bond acceptors (Lipinski definition) is 8. The largest absolute Gasteiger partial charge is 0.491 e. The molecule has 0 fully saturated rings. The van der Waals surface area contributed by atoms with E-state index >= 15 is 0 Å². The summed E-state index contributed by atoms with van der Waals surface area (Å²) in [5, 5.41) is 1.37. The predicted molar refractivity (Wildman–Crippen MR) is 118 cm³/mol. The third-order valence-electron chi connectivity index (χ3n) is 3.98. The monoisotopic (exact) mass is 433 g/mol. The maximum absolute atomic E-state index is 14.0. The molecule has 2 aromatic heterocycles. The molecule has 0 spiro atoms. The van der Waals surface area contributed by atoms with Gasteiger partial charge in [-0.15, -0.1) is 11.3 Å². The Morgan fingerprint density at radius 2 is 1.83 bits per heavy atom. The van der Waals surface area contributed by atoms with Gasteiger partial charge in [-0.1, -0.05) is 32.0 Å². The van der Waals surface area contributed by atoms with E-state index in [0.717, 1.165) is 35.5 Å². The first-order valence-electron chi connectivity index (χ1n) is 9.44. The third kappa shape index (κ3) is 5.57. The minimum atomic E-state index is -0.361. The van der Waals surface area contributed by atoms with Crippen LogP contribution < -0.4 is 16.2 Å². The van der Waals surface area contributed by atoms with E-state index in [0.29, 0.717) is 29.2 Å². The number of halogens is 1. The first kappa shape index (κ1) is 21.3. The topological polar surface area (TPSA) is 99.9 Å². The highest BCUT2D eigenvalue weighted by Gasteiger charge is 2.15. The Labute approximate surface area is 177 Å². The van der Waals surface area contributed by atoms with Gasteiger partial charge in [0.15, 0.2) is 16.7 Å². The molecule has 0 aliphatic rings. The molecule has 0 aliphatic heterocycles. The Morgan fingerprint density at radius 3 is 2.52 bits per heavy atom. The smallest absolute Gasteiger partial charge is 0.191 e. The molecule has 29 heavy (non-hydrogen) atoms. The molecular formula is C20H24FN5OS2. The number of nitrogen functional groups attached to an aromatic ring is 2. The molecule has 0 aliphatic carbocycles. The lowest BCUT2D eigenvalue weighted by atomic mass is 10.2. The van der Waals surface area contributed by atoms with Crippen LogP contribution in [0.4, 0.5) is 16.0 Å². The van der Waals surface area contributed by atoms with Gasteiger partial charge in [0.1, 0.15) is 16.6 Å². The van der Waals surface area contributed by atoms with Gasteiger partial charge in [0.2, 0.25) is 0 Å². The molecule has 6 nitrogen and oxygen atoms in total. The summed E-state index contributed by atoms with van der Waals surface area (Å²) in [5.74, 6) is 1.20. The summed E-state index contributed by atoms with van der Waals surface area (Å²) in [4.78, 5) is 14.4. The molecule has 9 heteroatoms. The molecule has 3 aromatic rings. The van der Waals surface area contributed by atoms with Gasteiger partial charge in [0.05, 0.1) is 12.3 Å². The Hall–Kier alpha value is -2.39. The number of anilines is 2. The molecule has 1 aromatic carbocycles. The zero-order valence-corrected chi connectivity index (χ0v) is 18.1. The Balaban J connectivity index is 1.84. The highest BCUT2D eigenvalue weighted by molar-refractivity contribution is 7.98. The molecule has 0 atom stereocenters. The van der Waals surface area contributed by atoms with Crippen LogP contribution in [0.25, 0.3) is 10.6 Å². The molecule has 0 amide bonds. The normalized spacial score (nSPS) is 11.0. The van der Waals surface area contributed by atoms with Crippen molar-refractivity contribution in [1.29, 1.82) is 0 Å². The van der Waals surface area contributed by atoms with Crippen LogP contribution in [0.2, 0.25) is 0 Å². The van der Waals surface area contributed by atoms with Gasteiger partial charge >= 0.3 is 0 Å². The molecule has 4 N–H and O–H groups in total. The van der Waals surface area contributed by atoms with Gasteiger partial charge in [0.25, 0.3) is 0 Å². The van der Waals surface area contributed by atoms with E-state index in [1.807, 2.05) is 6.92 Å². The average Bonchev–Trinajstić information content (AvgIpc) is 3.08. The lowest BCUT2D eigenvalue weighted by Gasteiger charge is -2.07. The van der Waals surface area contributed by atoms with Gasteiger partial charge in [0, 0.05) is 22.3 Å².